The monoisotopic (exact) mass is 1620 g/mol. The molecule has 0 heterocycles. The summed E-state index contributed by atoms with van der Waals surface area (Å²) in [6.45, 7) is 9.76. The highest BCUT2D eigenvalue weighted by atomic mass is 31.2. The lowest BCUT2D eigenvalue weighted by Crippen LogP contribution is -2.30. The molecule has 0 radical (unpaired) electrons. The maximum atomic E-state index is 13.2. The van der Waals surface area contributed by atoms with Gasteiger partial charge in [-0.3, -0.25) is 37.3 Å². The zero-order valence-corrected chi connectivity index (χ0v) is 75.1. The Bertz CT molecular complexity index is 2120. The highest BCUT2D eigenvalue weighted by molar-refractivity contribution is 7.47. The van der Waals surface area contributed by atoms with Crippen molar-refractivity contribution in [3.63, 3.8) is 0 Å². The summed E-state index contributed by atoms with van der Waals surface area (Å²) in [4.78, 5) is 73.5. The Hall–Kier alpha value is -1.94. The smallest absolute Gasteiger partial charge is 0.462 e. The molecule has 19 heteroatoms. The van der Waals surface area contributed by atoms with Gasteiger partial charge in [0.2, 0.25) is 0 Å². The Morgan fingerprint density at radius 2 is 0.414 bits per heavy atom. The van der Waals surface area contributed by atoms with Gasteiger partial charge in [0.15, 0.2) is 12.2 Å². The molecule has 0 aliphatic heterocycles. The fourth-order valence-corrected chi connectivity index (χ4v) is 16.1. The summed E-state index contributed by atoms with van der Waals surface area (Å²) in [5, 5.41) is 10.7. The van der Waals surface area contributed by atoms with E-state index in [9.17, 15) is 43.2 Å². The fraction of sp³-hybridized carbons (Fsp3) is 0.957. The van der Waals surface area contributed by atoms with Gasteiger partial charge in [-0.15, -0.1) is 0 Å². The first kappa shape index (κ1) is 109. The van der Waals surface area contributed by atoms with Crippen molar-refractivity contribution in [2.24, 2.45) is 11.8 Å². The van der Waals surface area contributed by atoms with Gasteiger partial charge in [0, 0.05) is 25.7 Å². The molecule has 0 bridgehead atoms. The summed E-state index contributed by atoms with van der Waals surface area (Å²) in [5.74, 6) is -0.486. The minimum atomic E-state index is -4.97. The van der Waals surface area contributed by atoms with Crippen LogP contribution < -0.4 is 0 Å². The Labute approximate surface area is 683 Å². The van der Waals surface area contributed by atoms with E-state index in [1.165, 1.54) is 315 Å². The van der Waals surface area contributed by atoms with Crippen LogP contribution in [0.4, 0.5) is 0 Å². The Morgan fingerprint density at radius 3 is 0.613 bits per heavy atom. The van der Waals surface area contributed by atoms with E-state index >= 15 is 0 Å². The summed E-state index contributed by atoms with van der Waals surface area (Å²) in [6, 6.07) is 0. The number of unbranched alkanes of at least 4 members (excludes halogenated alkanes) is 61. The lowest BCUT2D eigenvalue weighted by molar-refractivity contribution is -0.161. The predicted octanol–water partition coefficient (Wildman–Crippen LogP) is 28.6. The molecule has 3 N–H and O–H groups in total. The minimum absolute atomic E-state index is 0.108. The molecule has 0 spiro atoms. The summed E-state index contributed by atoms with van der Waals surface area (Å²) in [7, 11) is -9.94. The largest absolute Gasteiger partial charge is 0.472 e. The van der Waals surface area contributed by atoms with Crippen molar-refractivity contribution in [1.82, 2.24) is 0 Å². The fourth-order valence-electron chi connectivity index (χ4n) is 14.5. The molecular formula is C92H180O17P2. The van der Waals surface area contributed by atoms with Crippen molar-refractivity contribution in [2.45, 2.75) is 516 Å². The van der Waals surface area contributed by atoms with Gasteiger partial charge in [-0.2, -0.15) is 0 Å². The van der Waals surface area contributed by atoms with Crippen LogP contribution in [0.2, 0.25) is 0 Å². The number of carbonyl (C=O) groups is 4. The van der Waals surface area contributed by atoms with Gasteiger partial charge in [0.05, 0.1) is 26.4 Å². The van der Waals surface area contributed by atoms with Crippen molar-refractivity contribution in [3.8, 4) is 0 Å². The van der Waals surface area contributed by atoms with Crippen molar-refractivity contribution in [1.29, 1.82) is 0 Å². The van der Waals surface area contributed by atoms with Crippen LogP contribution in [0.15, 0.2) is 0 Å². The van der Waals surface area contributed by atoms with E-state index in [1.807, 2.05) is 0 Å². The van der Waals surface area contributed by atoms with Crippen molar-refractivity contribution < 1.29 is 80.2 Å². The molecule has 0 aliphatic rings. The first-order valence-corrected chi connectivity index (χ1v) is 50.5. The van der Waals surface area contributed by atoms with Gasteiger partial charge >= 0.3 is 39.5 Å². The Morgan fingerprint density at radius 1 is 0.243 bits per heavy atom. The summed E-state index contributed by atoms with van der Waals surface area (Å²) in [5.41, 5.74) is 0. The highest BCUT2D eigenvalue weighted by Gasteiger charge is 2.31. The van der Waals surface area contributed by atoms with Crippen LogP contribution in [-0.4, -0.2) is 96.7 Å². The summed E-state index contributed by atoms with van der Waals surface area (Å²) in [6.07, 6.45) is 77.8. The first-order valence-electron chi connectivity index (χ1n) is 47.5. The second kappa shape index (κ2) is 83.1. The van der Waals surface area contributed by atoms with Crippen molar-refractivity contribution >= 4 is 39.5 Å². The Kier molecular flexibility index (Phi) is 81.7. The van der Waals surface area contributed by atoms with E-state index in [-0.39, 0.29) is 25.7 Å². The number of rotatable bonds is 91. The number of hydrogen-bond donors (Lipinski definition) is 3. The molecule has 0 saturated carbocycles. The van der Waals surface area contributed by atoms with Crippen LogP contribution in [0.5, 0.6) is 0 Å². The number of esters is 4. The van der Waals surface area contributed by atoms with E-state index in [0.29, 0.717) is 25.7 Å². The van der Waals surface area contributed by atoms with E-state index in [1.54, 1.807) is 0 Å². The molecule has 0 aromatic rings. The SMILES string of the molecule is CCCCCCCCCCCCCCCCCCCCCCCC(=O)OC[C@H](COP(=O)(O)OC[C@@H](O)COP(=O)(O)OC[C@@H](COC(=O)CCCCCCCCCCCCCCC)OC(=O)CCCCCCCCCCCCCCCC(C)C)OC(=O)CCCCCCCCCCCCCCCCCCCCC(C)C. The van der Waals surface area contributed by atoms with E-state index in [0.717, 1.165) is 102 Å². The van der Waals surface area contributed by atoms with Gasteiger partial charge in [-0.1, -0.05) is 446 Å². The van der Waals surface area contributed by atoms with Gasteiger partial charge in [-0.25, -0.2) is 9.13 Å². The second-order valence-electron chi connectivity index (χ2n) is 34.0. The number of carbonyl (C=O) groups excluding carboxylic acids is 4. The maximum absolute atomic E-state index is 13.2. The summed E-state index contributed by atoms with van der Waals surface area (Å²) >= 11 is 0. The lowest BCUT2D eigenvalue weighted by Gasteiger charge is -2.21. The van der Waals surface area contributed by atoms with E-state index in [4.69, 9.17) is 37.0 Å². The van der Waals surface area contributed by atoms with Crippen LogP contribution in [0.1, 0.15) is 497 Å². The third-order valence-corrected chi connectivity index (χ3v) is 23.6. The van der Waals surface area contributed by atoms with Crippen LogP contribution >= 0.6 is 15.6 Å². The van der Waals surface area contributed by atoms with Crippen LogP contribution in [0.25, 0.3) is 0 Å². The third kappa shape index (κ3) is 85.8. The molecule has 0 amide bonds. The molecule has 17 nitrogen and oxygen atoms in total. The van der Waals surface area contributed by atoms with E-state index in [2.05, 4.69) is 41.5 Å². The van der Waals surface area contributed by atoms with Gasteiger partial charge in [0.25, 0.3) is 0 Å². The number of hydrogen-bond acceptors (Lipinski definition) is 15. The zero-order valence-electron chi connectivity index (χ0n) is 73.3. The van der Waals surface area contributed by atoms with Gasteiger partial charge in [0.1, 0.15) is 19.3 Å². The summed E-state index contributed by atoms with van der Waals surface area (Å²) < 4.78 is 69.1. The Balaban J connectivity index is 5.25. The number of phosphoric acid groups is 2. The number of aliphatic hydroxyl groups is 1. The average molecular weight is 1620 g/mol. The maximum Gasteiger partial charge on any atom is 0.472 e. The normalized spacial score (nSPS) is 13.7. The van der Waals surface area contributed by atoms with Crippen LogP contribution in [0, 0.1) is 11.8 Å². The molecule has 0 aromatic carbocycles. The van der Waals surface area contributed by atoms with Crippen molar-refractivity contribution in [2.75, 3.05) is 39.6 Å². The predicted molar refractivity (Wildman–Crippen MR) is 460 cm³/mol. The molecule has 2 unspecified atom stereocenters. The molecular weight excluding hydrogens is 1440 g/mol. The molecule has 0 fully saturated rings. The molecule has 660 valence electrons. The number of ether oxygens (including phenoxy) is 4. The highest BCUT2D eigenvalue weighted by Crippen LogP contribution is 2.45. The van der Waals surface area contributed by atoms with Gasteiger partial charge in [-0.05, 0) is 37.5 Å². The zero-order chi connectivity index (χ0) is 81.3. The molecule has 0 rings (SSSR count). The standard InChI is InChI=1S/C92H180O17P2/c1-7-9-11-13-15-17-19-21-22-23-24-25-26-30-33-39-45-51-57-63-69-75-90(95)103-81-88(108-91(96)76-70-64-58-52-46-40-34-31-28-27-29-32-37-42-48-54-60-66-72-84(3)4)83-107-111(100,101)105-79-86(93)78-104-110(98,99)106-82-87(80-102-89(94)74-68-62-56-50-44-36-20-18-16-14-12-10-8-2)109-92(97)77-71-65-59-53-47-41-35-38-43-49-55-61-67-73-85(5)6/h84-88,93H,7-83H2,1-6H3,(H,98,99)(H,100,101)/t86-,87+,88+/m0/s1. The van der Waals surface area contributed by atoms with Crippen LogP contribution in [0.3, 0.4) is 0 Å². The molecule has 0 aromatic heterocycles. The van der Waals surface area contributed by atoms with Crippen molar-refractivity contribution in [3.05, 3.63) is 0 Å². The molecule has 0 saturated heterocycles. The van der Waals surface area contributed by atoms with E-state index < -0.39 is 97.5 Å². The van der Waals surface area contributed by atoms with Crippen LogP contribution in [-0.2, 0) is 65.4 Å². The first-order chi connectivity index (χ1) is 53.9. The topological polar surface area (TPSA) is 237 Å². The molecule has 111 heavy (non-hydrogen) atoms. The second-order valence-corrected chi connectivity index (χ2v) is 36.9. The molecule has 0 aliphatic carbocycles. The number of aliphatic hydroxyl groups excluding tert-OH is 1. The minimum Gasteiger partial charge on any atom is -0.462 e. The molecule has 5 atom stereocenters. The van der Waals surface area contributed by atoms with Gasteiger partial charge < -0.3 is 33.8 Å². The average Bonchev–Trinajstić information content (AvgIpc) is 0.899. The number of phosphoric ester groups is 2. The lowest BCUT2D eigenvalue weighted by atomic mass is 10.0. The quantitative estimate of drug-likeness (QED) is 0.0222. The third-order valence-electron chi connectivity index (χ3n) is 21.7.